The third-order valence-corrected chi connectivity index (χ3v) is 8.45. The van der Waals surface area contributed by atoms with Gasteiger partial charge in [-0.25, -0.2) is 0 Å². The van der Waals surface area contributed by atoms with Gasteiger partial charge in [-0.15, -0.1) is 0 Å². The van der Waals surface area contributed by atoms with Gasteiger partial charge in [-0.1, -0.05) is 97.1 Å². The van der Waals surface area contributed by atoms with Gasteiger partial charge in [-0.3, -0.25) is 0 Å². The van der Waals surface area contributed by atoms with E-state index in [1.807, 2.05) is 0 Å². The molecule has 2 heterocycles. The van der Waals surface area contributed by atoms with Gasteiger partial charge in [-0.2, -0.15) is 0 Å². The maximum Gasteiger partial charge on any atom is 0.0549 e. The third-order valence-electron chi connectivity index (χ3n) is 8.45. The van der Waals surface area contributed by atoms with Crippen LogP contribution < -0.4 is 0 Å². The van der Waals surface area contributed by atoms with E-state index in [1.54, 1.807) is 0 Å². The quantitative estimate of drug-likeness (QED) is 0.220. The lowest BCUT2D eigenvalue weighted by Crippen LogP contribution is -1.95. The molecule has 0 aliphatic heterocycles. The van der Waals surface area contributed by atoms with Gasteiger partial charge in [0.25, 0.3) is 0 Å². The van der Waals surface area contributed by atoms with E-state index in [9.17, 15) is 0 Å². The van der Waals surface area contributed by atoms with Crippen LogP contribution in [0.25, 0.3) is 76.5 Å². The summed E-state index contributed by atoms with van der Waals surface area (Å²) in [5.41, 5.74) is 7.29. The smallest absolute Gasteiger partial charge is 0.0549 e. The molecule has 0 fully saturated rings. The first-order chi connectivity index (χ1) is 19.8. The molecular weight excluding hydrogens is 484 g/mol. The van der Waals surface area contributed by atoms with Crippen LogP contribution in [0.1, 0.15) is 0 Å². The van der Waals surface area contributed by atoms with Crippen molar-refractivity contribution in [3.8, 4) is 11.4 Å². The van der Waals surface area contributed by atoms with Gasteiger partial charge in [0.2, 0.25) is 0 Å². The number of aromatic nitrogens is 2. The highest BCUT2D eigenvalue weighted by atomic mass is 15.0. The SMILES string of the molecule is c1ccc(-n2c3cc4ccccc4cc3c3cc4c(cc32)c2ccccc2n4-c2cccc3ccccc23)cc1. The van der Waals surface area contributed by atoms with E-state index >= 15 is 0 Å². The molecule has 0 atom stereocenters. The molecule has 40 heavy (non-hydrogen) atoms. The van der Waals surface area contributed by atoms with E-state index < -0.39 is 0 Å². The Morgan fingerprint density at radius 1 is 0.300 bits per heavy atom. The third kappa shape index (κ3) is 2.93. The van der Waals surface area contributed by atoms with Crippen molar-refractivity contribution in [2.24, 2.45) is 0 Å². The molecule has 0 aliphatic rings. The van der Waals surface area contributed by atoms with Crippen LogP contribution in [-0.4, -0.2) is 9.13 Å². The van der Waals surface area contributed by atoms with Crippen LogP contribution in [0.3, 0.4) is 0 Å². The molecule has 9 aromatic rings. The first kappa shape index (κ1) is 21.6. The largest absolute Gasteiger partial charge is 0.309 e. The Bertz CT molecular complexity index is 2420. The minimum atomic E-state index is 1.18. The molecule has 0 spiro atoms. The summed E-state index contributed by atoms with van der Waals surface area (Å²) in [5.74, 6) is 0. The zero-order chi connectivity index (χ0) is 26.2. The second-order valence-electron chi connectivity index (χ2n) is 10.6. The van der Waals surface area contributed by atoms with Crippen molar-refractivity contribution >= 4 is 65.2 Å². The molecule has 2 aromatic heterocycles. The number of para-hydroxylation sites is 2. The summed E-state index contributed by atoms with van der Waals surface area (Å²) in [5, 5.41) is 10.1. The number of hydrogen-bond acceptors (Lipinski definition) is 0. The Labute approximate surface area is 230 Å². The average Bonchev–Trinajstić information content (AvgIpc) is 3.50. The van der Waals surface area contributed by atoms with Crippen molar-refractivity contribution in [3.05, 3.63) is 146 Å². The second-order valence-corrected chi connectivity index (χ2v) is 10.6. The van der Waals surface area contributed by atoms with Crippen molar-refractivity contribution in [2.75, 3.05) is 0 Å². The van der Waals surface area contributed by atoms with Crippen LogP contribution in [0.4, 0.5) is 0 Å². The maximum atomic E-state index is 2.46. The summed E-state index contributed by atoms with van der Waals surface area (Å²) in [6.45, 7) is 0. The predicted molar refractivity (Wildman–Crippen MR) is 170 cm³/mol. The highest BCUT2D eigenvalue weighted by Gasteiger charge is 2.19. The fraction of sp³-hybridized carbons (Fsp3) is 0. The van der Waals surface area contributed by atoms with Gasteiger partial charge in [0.1, 0.15) is 0 Å². The standard InChI is InChI=1S/C38H24N2/c1-2-15-28(16-3-1)39-36-22-27-13-5-4-12-26(27)21-31(36)33-24-38-32(23-37(33)39)30-18-8-9-19-35(30)40(38)34-20-10-14-25-11-6-7-17-29(25)34/h1-24H. The molecule has 0 radical (unpaired) electrons. The number of hydrogen-bond donors (Lipinski definition) is 0. The molecule has 0 bridgehead atoms. The molecule has 9 rings (SSSR count). The molecule has 0 aliphatic carbocycles. The Morgan fingerprint density at radius 2 is 0.850 bits per heavy atom. The first-order valence-electron chi connectivity index (χ1n) is 13.8. The van der Waals surface area contributed by atoms with Crippen LogP contribution in [-0.2, 0) is 0 Å². The molecule has 0 saturated heterocycles. The van der Waals surface area contributed by atoms with Crippen LogP contribution in [0.15, 0.2) is 146 Å². The maximum absolute atomic E-state index is 2.46. The molecule has 0 unspecified atom stereocenters. The first-order valence-corrected chi connectivity index (χ1v) is 13.8. The van der Waals surface area contributed by atoms with Crippen LogP contribution in [0, 0.1) is 0 Å². The molecule has 2 heteroatoms. The summed E-state index contributed by atoms with van der Waals surface area (Å²) in [7, 11) is 0. The lowest BCUT2D eigenvalue weighted by molar-refractivity contribution is 1.18. The van der Waals surface area contributed by atoms with Gasteiger partial charge in [0.05, 0.1) is 27.8 Å². The summed E-state index contributed by atoms with van der Waals surface area (Å²) in [6.07, 6.45) is 0. The zero-order valence-corrected chi connectivity index (χ0v) is 21.8. The highest BCUT2D eigenvalue weighted by Crippen LogP contribution is 2.41. The number of nitrogens with zero attached hydrogens (tertiary/aromatic N) is 2. The minimum absolute atomic E-state index is 1.18. The van der Waals surface area contributed by atoms with Gasteiger partial charge in [0.15, 0.2) is 0 Å². The van der Waals surface area contributed by atoms with Crippen molar-refractivity contribution in [2.45, 2.75) is 0 Å². The summed E-state index contributed by atoms with van der Waals surface area (Å²) in [6, 6.07) is 53.1. The normalized spacial score (nSPS) is 12.0. The topological polar surface area (TPSA) is 9.86 Å². The van der Waals surface area contributed by atoms with Crippen molar-refractivity contribution in [1.29, 1.82) is 0 Å². The van der Waals surface area contributed by atoms with Crippen LogP contribution >= 0.6 is 0 Å². The van der Waals surface area contributed by atoms with Crippen LogP contribution in [0.5, 0.6) is 0 Å². The van der Waals surface area contributed by atoms with Crippen molar-refractivity contribution in [1.82, 2.24) is 9.13 Å². The lowest BCUT2D eigenvalue weighted by Gasteiger charge is -2.12. The Balaban J connectivity index is 1.50. The van der Waals surface area contributed by atoms with Gasteiger partial charge in [0, 0.05) is 32.6 Å². The summed E-state index contributed by atoms with van der Waals surface area (Å²) >= 11 is 0. The molecule has 7 aromatic carbocycles. The summed E-state index contributed by atoms with van der Waals surface area (Å²) < 4.78 is 4.89. The molecule has 2 nitrogen and oxygen atoms in total. The molecule has 0 saturated carbocycles. The van der Waals surface area contributed by atoms with E-state index in [4.69, 9.17) is 0 Å². The molecular formula is C38H24N2. The number of rotatable bonds is 2. The Morgan fingerprint density at radius 3 is 1.68 bits per heavy atom. The van der Waals surface area contributed by atoms with Gasteiger partial charge >= 0.3 is 0 Å². The minimum Gasteiger partial charge on any atom is -0.309 e. The van der Waals surface area contributed by atoms with Gasteiger partial charge in [-0.05, 0) is 64.7 Å². The second kappa shape index (κ2) is 8.08. The highest BCUT2D eigenvalue weighted by molar-refractivity contribution is 6.21. The predicted octanol–water partition coefficient (Wildman–Crippen LogP) is 10.2. The average molecular weight is 509 g/mol. The van der Waals surface area contributed by atoms with E-state index in [0.29, 0.717) is 0 Å². The van der Waals surface area contributed by atoms with E-state index in [2.05, 4.69) is 155 Å². The molecule has 0 amide bonds. The zero-order valence-electron chi connectivity index (χ0n) is 21.8. The Kier molecular flexibility index (Phi) is 4.36. The van der Waals surface area contributed by atoms with E-state index in [-0.39, 0.29) is 0 Å². The van der Waals surface area contributed by atoms with Crippen molar-refractivity contribution < 1.29 is 0 Å². The number of fused-ring (bicyclic) bond motifs is 8. The van der Waals surface area contributed by atoms with Gasteiger partial charge < -0.3 is 9.13 Å². The number of benzene rings is 7. The van der Waals surface area contributed by atoms with Crippen molar-refractivity contribution in [3.63, 3.8) is 0 Å². The summed E-state index contributed by atoms with van der Waals surface area (Å²) in [4.78, 5) is 0. The lowest BCUT2D eigenvalue weighted by atomic mass is 10.0. The van der Waals surface area contributed by atoms with Crippen LogP contribution in [0.2, 0.25) is 0 Å². The molecule has 186 valence electrons. The molecule has 0 N–H and O–H groups in total. The van der Waals surface area contributed by atoms with E-state index in [1.165, 1.54) is 76.5 Å². The fourth-order valence-electron chi connectivity index (χ4n) is 6.68. The Hall–Kier alpha value is -5.34. The van der Waals surface area contributed by atoms with E-state index in [0.717, 1.165) is 0 Å². The fourth-order valence-corrected chi connectivity index (χ4v) is 6.68. The monoisotopic (exact) mass is 508 g/mol.